The molecule has 5 N–H and O–H groups in total. The maximum absolute atomic E-state index is 12.0. The Bertz CT molecular complexity index is 1160. The number of imidazole rings is 1. The Balaban J connectivity index is 1.81. The molecule has 12 nitrogen and oxygen atoms in total. The van der Waals surface area contributed by atoms with Gasteiger partial charge in [-0.05, 0) is 31.0 Å². The zero-order valence-corrected chi connectivity index (χ0v) is 19.1. The zero-order chi connectivity index (χ0) is 25.0. The standard InChI is InChI=1S/C21H24ClN5O7/c1-11(9-33-21(18(29)30,19(31)32)8-13-6-4-3-5-7-13)34-17(12(2)28)27-10-24-14-15(23)25-20(22)26-16(14)27/h3-7,10-12,17,28H,8-9H2,1-2H3,(H,29,30)(H,31,32)(H2,23,25,26)/t11-,12+,17+/m0/s1. The van der Waals surface area contributed by atoms with E-state index in [-0.39, 0.29) is 22.3 Å². The fourth-order valence-corrected chi connectivity index (χ4v) is 3.52. The maximum Gasteiger partial charge on any atom is 0.348 e. The first kappa shape index (κ1) is 25.3. The van der Waals surface area contributed by atoms with E-state index in [9.17, 15) is 24.9 Å². The zero-order valence-electron chi connectivity index (χ0n) is 18.3. The average molecular weight is 494 g/mol. The van der Waals surface area contributed by atoms with Gasteiger partial charge in [-0.25, -0.2) is 14.6 Å². The normalized spacial score (nSPS) is 14.6. The van der Waals surface area contributed by atoms with E-state index < -0.39 is 49.0 Å². The van der Waals surface area contributed by atoms with Crippen molar-refractivity contribution in [2.75, 3.05) is 12.3 Å². The third-order valence-electron chi connectivity index (χ3n) is 5.03. The SMILES string of the molecule is C[C@@H](COC(Cc1ccccc1)(C(=O)O)C(=O)O)O[C@H]([C@@H](C)O)n1cnc2c(N)nc(Cl)nc21. The van der Waals surface area contributed by atoms with Crippen molar-refractivity contribution in [1.82, 2.24) is 19.5 Å². The van der Waals surface area contributed by atoms with Crippen molar-refractivity contribution in [1.29, 1.82) is 0 Å². The van der Waals surface area contributed by atoms with Gasteiger partial charge >= 0.3 is 11.9 Å². The number of halogens is 1. The van der Waals surface area contributed by atoms with Crippen molar-refractivity contribution in [3.05, 3.63) is 47.5 Å². The second-order valence-corrected chi connectivity index (χ2v) is 8.03. The summed E-state index contributed by atoms with van der Waals surface area (Å²) < 4.78 is 12.7. The molecule has 0 radical (unpaired) electrons. The molecule has 1 aromatic carbocycles. The van der Waals surface area contributed by atoms with Gasteiger partial charge in [-0.15, -0.1) is 0 Å². The summed E-state index contributed by atoms with van der Waals surface area (Å²) in [6.45, 7) is 2.60. The van der Waals surface area contributed by atoms with E-state index in [4.69, 9.17) is 26.8 Å². The molecule has 0 bridgehead atoms. The first-order chi connectivity index (χ1) is 16.0. The summed E-state index contributed by atoms with van der Waals surface area (Å²) in [5.41, 5.74) is 4.22. The Hall–Kier alpha value is -3.32. The highest BCUT2D eigenvalue weighted by molar-refractivity contribution is 6.28. The van der Waals surface area contributed by atoms with Gasteiger partial charge in [0.2, 0.25) is 5.28 Å². The number of hydrogen-bond donors (Lipinski definition) is 4. The lowest BCUT2D eigenvalue weighted by Gasteiger charge is -2.29. The summed E-state index contributed by atoms with van der Waals surface area (Å²) in [4.78, 5) is 36.0. The van der Waals surface area contributed by atoms with Gasteiger partial charge < -0.3 is 30.5 Å². The van der Waals surface area contributed by atoms with E-state index >= 15 is 0 Å². The van der Waals surface area contributed by atoms with Gasteiger partial charge in [-0.1, -0.05) is 30.3 Å². The molecule has 0 aliphatic heterocycles. The quantitative estimate of drug-likeness (QED) is 0.224. The number of aliphatic hydroxyl groups excluding tert-OH is 1. The summed E-state index contributed by atoms with van der Waals surface area (Å²) >= 11 is 5.89. The van der Waals surface area contributed by atoms with Crippen molar-refractivity contribution in [2.45, 2.75) is 44.3 Å². The maximum atomic E-state index is 12.0. The molecule has 3 rings (SSSR count). The van der Waals surface area contributed by atoms with Crippen LogP contribution in [0, 0.1) is 0 Å². The van der Waals surface area contributed by atoms with E-state index in [2.05, 4.69) is 15.0 Å². The van der Waals surface area contributed by atoms with Crippen molar-refractivity contribution < 1.29 is 34.4 Å². The smallest absolute Gasteiger partial charge is 0.348 e. The number of nitrogens with two attached hydrogens (primary N) is 1. The van der Waals surface area contributed by atoms with Gasteiger partial charge in [-0.2, -0.15) is 9.97 Å². The average Bonchev–Trinajstić information content (AvgIpc) is 3.18. The topological polar surface area (TPSA) is 183 Å². The highest BCUT2D eigenvalue weighted by Gasteiger charge is 2.48. The Morgan fingerprint density at radius 2 is 1.82 bits per heavy atom. The minimum Gasteiger partial charge on any atom is -0.479 e. The molecule has 0 fully saturated rings. The second kappa shape index (κ2) is 10.3. The van der Waals surface area contributed by atoms with Crippen LogP contribution in [-0.2, 0) is 25.5 Å². The predicted octanol–water partition coefficient (Wildman–Crippen LogP) is 1.51. The van der Waals surface area contributed by atoms with E-state index in [0.717, 1.165) is 0 Å². The molecule has 2 heterocycles. The molecule has 182 valence electrons. The largest absolute Gasteiger partial charge is 0.479 e. The molecule has 0 spiro atoms. The first-order valence-corrected chi connectivity index (χ1v) is 10.6. The number of aliphatic carboxylic acids is 2. The van der Waals surface area contributed by atoms with Gasteiger partial charge in [0.25, 0.3) is 5.60 Å². The Morgan fingerprint density at radius 1 is 1.18 bits per heavy atom. The van der Waals surface area contributed by atoms with Gasteiger partial charge in [0.05, 0.1) is 25.1 Å². The highest BCUT2D eigenvalue weighted by Crippen LogP contribution is 2.26. The van der Waals surface area contributed by atoms with Crippen molar-refractivity contribution >= 4 is 40.5 Å². The number of carboxylic acids is 2. The number of anilines is 1. The van der Waals surface area contributed by atoms with Crippen molar-refractivity contribution in [3.63, 3.8) is 0 Å². The van der Waals surface area contributed by atoms with Gasteiger partial charge in [0.1, 0.15) is 5.52 Å². The molecule has 3 aromatic rings. The molecule has 2 aromatic heterocycles. The summed E-state index contributed by atoms with van der Waals surface area (Å²) in [5, 5.41) is 29.6. The molecule has 0 saturated carbocycles. The minimum atomic E-state index is -2.53. The van der Waals surface area contributed by atoms with Crippen LogP contribution < -0.4 is 5.73 Å². The van der Waals surface area contributed by atoms with Crippen LogP contribution in [0.4, 0.5) is 5.82 Å². The van der Waals surface area contributed by atoms with Gasteiger partial charge in [0, 0.05) is 6.42 Å². The minimum absolute atomic E-state index is 0.0445. The van der Waals surface area contributed by atoms with Crippen LogP contribution in [0.5, 0.6) is 0 Å². The number of ether oxygens (including phenoxy) is 2. The van der Waals surface area contributed by atoms with E-state index in [0.29, 0.717) is 5.56 Å². The lowest BCUT2D eigenvalue weighted by Crippen LogP contribution is -2.52. The molecular formula is C21H24ClN5O7. The summed E-state index contributed by atoms with van der Waals surface area (Å²) in [7, 11) is 0. The van der Waals surface area contributed by atoms with Crippen LogP contribution in [-0.4, -0.2) is 71.2 Å². The number of fused-ring (bicyclic) bond motifs is 1. The number of rotatable bonds is 11. The van der Waals surface area contributed by atoms with Crippen molar-refractivity contribution in [2.24, 2.45) is 0 Å². The number of aromatic nitrogens is 4. The Morgan fingerprint density at radius 3 is 2.41 bits per heavy atom. The van der Waals surface area contributed by atoms with E-state index in [1.165, 1.54) is 17.8 Å². The summed E-state index contributed by atoms with van der Waals surface area (Å²) in [6, 6.07) is 8.28. The lowest BCUT2D eigenvalue weighted by atomic mass is 9.94. The van der Waals surface area contributed by atoms with Crippen LogP contribution in [0.2, 0.25) is 5.28 Å². The third-order valence-corrected chi connectivity index (χ3v) is 5.20. The molecule has 0 unspecified atom stereocenters. The number of nitrogen functional groups attached to an aromatic ring is 1. The van der Waals surface area contributed by atoms with E-state index in [1.54, 1.807) is 37.3 Å². The fraction of sp³-hybridized carbons (Fsp3) is 0.381. The third kappa shape index (κ3) is 5.25. The summed E-state index contributed by atoms with van der Waals surface area (Å²) in [6.07, 6.45) is -2.03. The van der Waals surface area contributed by atoms with Crippen LogP contribution >= 0.6 is 11.6 Å². The predicted molar refractivity (Wildman–Crippen MR) is 120 cm³/mol. The van der Waals surface area contributed by atoms with Gasteiger partial charge in [0.15, 0.2) is 17.7 Å². The summed E-state index contributed by atoms with van der Waals surface area (Å²) in [5.74, 6) is -3.25. The Kier molecular flexibility index (Phi) is 7.67. The lowest BCUT2D eigenvalue weighted by molar-refractivity contribution is -0.192. The van der Waals surface area contributed by atoms with Gasteiger partial charge in [-0.3, -0.25) is 4.57 Å². The fourth-order valence-electron chi connectivity index (χ4n) is 3.35. The number of nitrogens with zero attached hydrogens (tertiary/aromatic N) is 4. The number of benzene rings is 1. The van der Waals surface area contributed by atoms with E-state index in [1.807, 2.05) is 0 Å². The molecule has 0 aliphatic carbocycles. The monoisotopic (exact) mass is 493 g/mol. The number of carboxylic acid groups (broad SMARTS) is 2. The van der Waals surface area contributed by atoms with Crippen LogP contribution in [0.15, 0.2) is 36.7 Å². The molecule has 13 heteroatoms. The van der Waals surface area contributed by atoms with Crippen LogP contribution in [0.25, 0.3) is 11.2 Å². The van der Waals surface area contributed by atoms with Crippen LogP contribution in [0.1, 0.15) is 25.6 Å². The molecular weight excluding hydrogens is 470 g/mol. The molecule has 0 amide bonds. The molecule has 0 saturated heterocycles. The number of hydrogen-bond acceptors (Lipinski definition) is 9. The number of carbonyl (C=O) groups is 2. The highest BCUT2D eigenvalue weighted by atomic mass is 35.5. The first-order valence-electron chi connectivity index (χ1n) is 10.2. The van der Waals surface area contributed by atoms with Crippen LogP contribution in [0.3, 0.4) is 0 Å². The number of aliphatic hydroxyl groups is 1. The van der Waals surface area contributed by atoms with Crippen molar-refractivity contribution in [3.8, 4) is 0 Å². The molecule has 0 aliphatic rings. The Labute approximate surface area is 198 Å². The second-order valence-electron chi connectivity index (χ2n) is 7.69. The molecule has 3 atom stereocenters. The molecule has 34 heavy (non-hydrogen) atoms.